The number of likely N-dealkylation sites (tertiary alicyclic amines) is 1. The number of pyridine rings is 1. The first-order chi connectivity index (χ1) is 22.1. The highest BCUT2D eigenvalue weighted by atomic mass is 35.5. The minimum atomic E-state index is -4.72. The van der Waals surface area contributed by atoms with Crippen LogP contribution in [0.15, 0.2) is 18.2 Å². The summed E-state index contributed by atoms with van der Waals surface area (Å²) in [6.45, 7) is 8.69. The summed E-state index contributed by atoms with van der Waals surface area (Å²) in [6.07, 6.45) is -3.22. The van der Waals surface area contributed by atoms with Gasteiger partial charge in [0.05, 0.1) is 40.3 Å². The first-order valence-electron chi connectivity index (χ1n) is 15.4. The zero-order valence-corrected chi connectivity index (χ0v) is 27.7. The number of amides is 1. The standard InChI is InChI=1S/C32H38ClF3N8O3/c1-18-13-25(38)40-27(26(18)32(34,35)36)21-15-24-22(14-23(21)33)28(41-29(39-24)46-17-20-7-6-10-42(20)5)43-11-12-44(19(16-43)8-9-37)30(45)47-31(2,3)4/h13-15,19-20H,6-8,10-12,16-17H2,1-5H3,(H2,38,40)/t19-,20-/m0/s1. The van der Waals surface area contributed by atoms with Gasteiger partial charge in [-0.1, -0.05) is 11.6 Å². The molecule has 2 aliphatic heterocycles. The van der Waals surface area contributed by atoms with Crippen molar-refractivity contribution in [3.8, 4) is 23.3 Å². The normalized spacial score (nSPS) is 19.2. The van der Waals surface area contributed by atoms with E-state index in [-0.39, 0.29) is 59.0 Å². The Morgan fingerprint density at radius 3 is 2.51 bits per heavy atom. The van der Waals surface area contributed by atoms with Gasteiger partial charge >= 0.3 is 18.3 Å². The Morgan fingerprint density at radius 1 is 1.13 bits per heavy atom. The molecule has 47 heavy (non-hydrogen) atoms. The fourth-order valence-electron chi connectivity index (χ4n) is 6.10. The molecular formula is C32H38ClF3N8O3. The van der Waals surface area contributed by atoms with Crippen molar-refractivity contribution < 1.29 is 27.4 Å². The number of alkyl halides is 3. The maximum atomic E-state index is 14.3. The molecule has 2 aromatic heterocycles. The Hall–Kier alpha value is -4.09. The smallest absolute Gasteiger partial charge is 0.418 e. The zero-order valence-electron chi connectivity index (χ0n) is 27.0. The van der Waals surface area contributed by atoms with E-state index in [1.54, 1.807) is 25.7 Å². The number of hydrogen-bond acceptors (Lipinski definition) is 10. The average Bonchev–Trinajstić information content (AvgIpc) is 3.37. The largest absolute Gasteiger partial charge is 0.462 e. The highest BCUT2D eigenvalue weighted by Gasteiger charge is 2.38. The molecule has 2 aliphatic rings. The molecule has 0 saturated carbocycles. The molecule has 2 atom stereocenters. The third-order valence-corrected chi connectivity index (χ3v) is 8.65. The number of aryl methyl sites for hydroxylation is 1. The number of nitriles is 1. The van der Waals surface area contributed by atoms with E-state index in [0.717, 1.165) is 19.4 Å². The Morgan fingerprint density at radius 2 is 1.87 bits per heavy atom. The first-order valence-corrected chi connectivity index (χ1v) is 15.7. The van der Waals surface area contributed by atoms with Gasteiger partial charge in [-0.3, -0.25) is 0 Å². The zero-order chi connectivity index (χ0) is 34.3. The van der Waals surface area contributed by atoms with Gasteiger partial charge in [0, 0.05) is 36.6 Å². The molecule has 0 aliphatic carbocycles. The lowest BCUT2D eigenvalue weighted by molar-refractivity contribution is -0.137. The maximum Gasteiger partial charge on any atom is 0.418 e. The molecule has 1 aromatic carbocycles. The molecule has 0 radical (unpaired) electrons. The van der Waals surface area contributed by atoms with Gasteiger partial charge in [0.2, 0.25) is 0 Å². The number of ether oxygens (including phenoxy) is 2. The summed E-state index contributed by atoms with van der Waals surface area (Å²) in [4.78, 5) is 32.1. The number of hydrogen-bond donors (Lipinski definition) is 1. The van der Waals surface area contributed by atoms with E-state index < -0.39 is 35.2 Å². The van der Waals surface area contributed by atoms with Crippen LogP contribution in [0, 0.1) is 18.3 Å². The highest BCUT2D eigenvalue weighted by molar-refractivity contribution is 6.34. The molecule has 0 unspecified atom stereocenters. The van der Waals surface area contributed by atoms with Crippen LogP contribution in [0.4, 0.5) is 29.6 Å². The molecule has 2 saturated heterocycles. The van der Waals surface area contributed by atoms with E-state index in [9.17, 15) is 23.2 Å². The van der Waals surface area contributed by atoms with Gasteiger partial charge in [0.25, 0.3) is 0 Å². The van der Waals surface area contributed by atoms with Gasteiger partial charge in [-0.05, 0) is 77.9 Å². The molecule has 2 fully saturated rings. The number of carbonyl (C=O) groups is 1. The number of carbonyl (C=O) groups excluding carboxylic acids is 1. The molecular weight excluding hydrogens is 637 g/mol. The van der Waals surface area contributed by atoms with Crippen molar-refractivity contribution in [2.24, 2.45) is 0 Å². The van der Waals surface area contributed by atoms with Crippen LogP contribution in [0.5, 0.6) is 6.01 Å². The number of aromatic nitrogens is 3. The second-order valence-corrected chi connectivity index (χ2v) is 13.4. The minimum absolute atomic E-state index is 0.00474. The topological polar surface area (TPSA) is 134 Å². The van der Waals surface area contributed by atoms with Crippen LogP contribution in [0.2, 0.25) is 5.02 Å². The molecule has 2 N–H and O–H groups in total. The fraction of sp³-hybridized carbons (Fsp3) is 0.531. The lowest BCUT2D eigenvalue weighted by atomic mass is 9.99. The Labute approximate surface area is 276 Å². The molecule has 11 nitrogen and oxygen atoms in total. The minimum Gasteiger partial charge on any atom is -0.462 e. The second-order valence-electron chi connectivity index (χ2n) is 13.0. The SMILES string of the molecule is Cc1cc(N)nc(-c2cc3nc(OC[C@@H]4CCCN4C)nc(N4CCN(C(=O)OC(C)(C)C)[C@@H](CC#N)C4)c3cc2Cl)c1C(F)(F)F. The van der Waals surface area contributed by atoms with Crippen molar-refractivity contribution in [1.29, 1.82) is 5.26 Å². The quantitative estimate of drug-likeness (QED) is 0.329. The average molecular weight is 675 g/mol. The summed E-state index contributed by atoms with van der Waals surface area (Å²) in [5.74, 6) is 0.332. The Kier molecular flexibility index (Phi) is 9.62. The van der Waals surface area contributed by atoms with Crippen LogP contribution < -0.4 is 15.4 Å². The molecule has 252 valence electrons. The molecule has 1 amide bonds. The van der Waals surface area contributed by atoms with Gasteiger partial charge in [-0.15, -0.1) is 0 Å². The van der Waals surface area contributed by atoms with Gasteiger partial charge in [0.1, 0.15) is 23.8 Å². The Bertz CT molecular complexity index is 1710. The van der Waals surface area contributed by atoms with Gasteiger partial charge < -0.3 is 29.9 Å². The van der Waals surface area contributed by atoms with Crippen molar-refractivity contribution >= 4 is 40.2 Å². The second kappa shape index (κ2) is 13.2. The van der Waals surface area contributed by atoms with E-state index >= 15 is 0 Å². The van der Waals surface area contributed by atoms with E-state index in [4.69, 9.17) is 31.8 Å². The summed E-state index contributed by atoms with van der Waals surface area (Å²) in [6, 6.07) is 5.95. The number of nitrogens with zero attached hydrogens (tertiary/aromatic N) is 7. The van der Waals surface area contributed by atoms with Crippen LogP contribution in [-0.4, -0.2) is 88.4 Å². The molecule has 15 heteroatoms. The van der Waals surface area contributed by atoms with Crippen LogP contribution in [-0.2, 0) is 10.9 Å². The van der Waals surface area contributed by atoms with Crippen molar-refractivity contribution in [3.63, 3.8) is 0 Å². The summed E-state index contributed by atoms with van der Waals surface area (Å²) in [5.41, 5.74) is 4.03. The fourth-order valence-corrected chi connectivity index (χ4v) is 6.35. The first kappa shape index (κ1) is 34.3. The molecule has 0 bridgehead atoms. The van der Waals surface area contributed by atoms with E-state index in [1.165, 1.54) is 25.1 Å². The summed E-state index contributed by atoms with van der Waals surface area (Å²) in [5, 5.41) is 10.1. The number of nitrogen functional groups attached to an aromatic ring is 1. The number of rotatable bonds is 6. The van der Waals surface area contributed by atoms with E-state index in [0.29, 0.717) is 24.4 Å². The highest BCUT2D eigenvalue weighted by Crippen LogP contribution is 2.43. The van der Waals surface area contributed by atoms with E-state index in [2.05, 4.69) is 20.9 Å². The lowest BCUT2D eigenvalue weighted by Gasteiger charge is -2.41. The maximum absolute atomic E-state index is 14.3. The summed E-state index contributed by atoms with van der Waals surface area (Å²) >= 11 is 6.71. The van der Waals surface area contributed by atoms with Crippen LogP contribution in [0.25, 0.3) is 22.2 Å². The summed E-state index contributed by atoms with van der Waals surface area (Å²) in [7, 11) is 2.01. The van der Waals surface area contributed by atoms with Crippen LogP contribution in [0.3, 0.4) is 0 Å². The molecule has 5 rings (SSSR count). The third-order valence-electron chi connectivity index (χ3n) is 8.33. The molecule has 4 heterocycles. The molecule has 3 aromatic rings. The lowest BCUT2D eigenvalue weighted by Crippen LogP contribution is -2.56. The van der Waals surface area contributed by atoms with Crippen molar-refractivity contribution in [1.82, 2.24) is 24.8 Å². The molecule has 0 spiro atoms. The van der Waals surface area contributed by atoms with Crippen LogP contribution in [0.1, 0.15) is 51.2 Å². The van der Waals surface area contributed by atoms with Gasteiger partial charge in [0.15, 0.2) is 0 Å². The number of likely N-dealkylation sites (N-methyl/N-ethyl adjacent to an activating group) is 1. The third kappa shape index (κ3) is 7.57. The Balaban J connectivity index is 1.60. The number of nitrogens with two attached hydrogens (primary N) is 1. The van der Waals surface area contributed by atoms with Crippen molar-refractivity contribution in [2.45, 2.75) is 70.8 Å². The number of halogens is 4. The number of anilines is 2. The van der Waals surface area contributed by atoms with Gasteiger partial charge in [-0.2, -0.15) is 28.4 Å². The monoisotopic (exact) mass is 674 g/mol. The number of benzene rings is 1. The van der Waals surface area contributed by atoms with Crippen molar-refractivity contribution in [3.05, 3.63) is 34.3 Å². The van der Waals surface area contributed by atoms with E-state index in [1.807, 2.05) is 11.9 Å². The predicted octanol–water partition coefficient (Wildman–Crippen LogP) is 6.07. The predicted molar refractivity (Wildman–Crippen MR) is 172 cm³/mol. The number of fused-ring (bicyclic) bond motifs is 1. The van der Waals surface area contributed by atoms with Gasteiger partial charge in [-0.25, -0.2) is 9.78 Å². The summed E-state index contributed by atoms with van der Waals surface area (Å²) < 4.78 is 54.5. The van der Waals surface area contributed by atoms with Crippen LogP contribution >= 0.6 is 11.6 Å². The number of piperazine rings is 1. The van der Waals surface area contributed by atoms with Crippen molar-refractivity contribution in [2.75, 3.05) is 50.5 Å².